The molecule has 1 N–H and O–H groups in total. The van der Waals surface area contributed by atoms with Gasteiger partial charge in [-0.1, -0.05) is 42.5 Å². The Kier molecular flexibility index (Phi) is 7.50. The fraction of sp³-hybridized carbons (Fsp3) is 0.435. The van der Waals surface area contributed by atoms with Gasteiger partial charge in [-0.25, -0.2) is 8.42 Å². The Labute approximate surface area is 179 Å². The second-order valence-electron chi connectivity index (χ2n) is 7.71. The molecule has 0 radical (unpaired) electrons. The normalized spacial score (nSPS) is 17.3. The van der Waals surface area contributed by atoms with E-state index in [2.05, 4.69) is 42.3 Å². The van der Waals surface area contributed by atoms with E-state index < -0.39 is 15.9 Å². The summed E-state index contributed by atoms with van der Waals surface area (Å²) in [6.45, 7) is 7.01. The third-order valence-electron chi connectivity index (χ3n) is 5.54. The third-order valence-corrected chi connectivity index (χ3v) is 7.15. The Morgan fingerprint density at radius 3 is 2.43 bits per heavy atom. The van der Waals surface area contributed by atoms with Crippen molar-refractivity contribution in [2.45, 2.75) is 19.9 Å². The number of benzene rings is 2. The van der Waals surface area contributed by atoms with Crippen molar-refractivity contribution in [3.8, 4) is 0 Å². The van der Waals surface area contributed by atoms with Gasteiger partial charge in [0, 0.05) is 38.4 Å². The number of nitrogens with zero attached hydrogens (tertiary/aromatic N) is 2. The van der Waals surface area contributed by atoms with E-state index in [0.29, 0.717) is 26.2 Å². The van der Waals surface area contributed by atoms with Crippen molar-refractivity contribution in [2.24, 2.45) is 0 Å². The Hall–Kier alpha value is -2.38. The van der Waals surface area contributed by atoms with E-state index in [1.807, 2.05) is 41.3 Å². The summed E-state index contributed by atoms with van der Waals surface area (Å²) in [6, 6.07) is 17.5. The van der Waals surface area contributed by atoms with Crippen LogP contribution in [-0.4, -0.2) is 63.5 Å². The molecule has 3 rings (SSSR count). The zero-order chi connectivity index (χ0) is 21.6. The predicted molar refractivity (Wildman–Crippen MR) is 121 cm³/mol. The molecule has 2 aromatic rings. The second kappa shape index (κ2) is 10.1. The van der Waals surface area contributed by atoms with E-state index in [0.717, 1.165) is 17.8 Å². The van der Waals surface area contributed by atoms with Crippen LogP contribution in [0.2, 0.25) is 0 Å². The van der Waals surface area contributed by atoms with Crippen LogP contribution >= 0.6 is 0 Å². The first-order valence-electron chi connectivity index (χ1n) is 10.5. The number of hydrogen-bond donors (Lipinski definition) is 1. The maximum Gasteiger partial charge on any atom is 0.242 e. The summed E-state index contributed by atoms with van der Waals surface area (Å²) in [5.41, 5.74) is 3.24. The first-order valence-corrected chi connectivity index (χ1v) is 12.3. The van der Waals surface area contributed by atoms with Crippen LogP contribution < -0.4 is 10.2 Å². The van der Waals surface area contributed by atoms with Gasteiger partial charge in [-0.15, -0.1) is 0 Å². The van der Waals surface area contributed by atoms with Crippen LogP contribution in [0.3, 0.4) is 0 Å². The molecule has 30 heavy (non-hydrogen) atoms. The number of carbonyl (C=O) groups excluding carboxylic acids is 1. The van der Waals surface area contributed by atoms with E-state index in [1.165, 1.54) is 5.56 Å². The smallest absolute Gasteiger partial charge is 0.242 e. The van der Waals surface area contributed by atoms with Crippen LogP contribution in [0.5, 0.6) is 0 Å². The summed E-state index contributed by atoms with van der Waals surface area (Å²) >= 11 is 0. The number of amides is 1. The van der Waals surface area contributed by atoms with Gasteiger partial charge in [0.05, 0.1) is 11.5 Å². The maximum atomic E-state index is 13.1. The lowest BCUT2D eigenvalue weighted by Crippen LogP contribution is -2.48. The quantitative estimate of drug-likeness (QED) is 0.698. The Morgan fingerprint density at radius 1 is 1.10 bits per heavy atom. The topological polar surface area (TPSA) is 69.7 Å². The highest BCUT2D eigenvalue weighted by atomic mass is 32.2. The maximum absolute atomic E-state index is 13.1. The number of aryl methyl sites for hydroxylation is 1. The van der Waals surface area contributed by atoms with E-state index >= 15 is 0 Å². The standard InChI is InChI=1S/C23H31N3O3S/c1-3-25(21-11-7-8-19(2)18-21)13-12-24-23(27)22(20-9-5-4-6-10-20)26-14-16-30(28,29)17-15-26/h4-11,18,22H,3,12-17H2,1-2H3,(H,24,27). The first kappa shape index (κ1) is 22.3. The van der Waals surface area contributed by atoms with E-state index in [1.54, 1.807) is 0 Å². The number of rotatable bonds is 8. The molecule has 0 aliphatic carbocycles. The molecular formula is C23H31N3O3S. The molecule has 1 aliphatic heterocycles. The molecular weight excluding hydrogens is 398 g/mol. The van der Waals surface area contributed by atoms with Crippen LogP contribution in [0, 0.1) is 6.92 Å². The average Bonchev–Trinajstić information content (AvgIpc) is 2.73. The molecule has 0 bridgehead atoms. The molecule has 2 aromatic carbocycles. The zero-order valence-electron chi connectivity index (χ0n) is 17.8. The molecule has 162 valence electrons. The van der Waals surface area contributed by atoms with Crippen molar-refractivity contribution >= 4 is 21.4 Å². The van der Waals surface area contributed by atoms with Crippen molar-refractivity contribution in [3.63, 3.8) is 0 Å². The summed E-state index contributed by atoms with van der Waals surface area (Å²) in [5.74, 6) is 0.113. The Morgan fingerprint density at radius 2 is 1.80 bits per heavy atom. The monoisotopic (exact) mass is 429 g/mol. The highest BCUT2D eigenvalue weighted by Gasteiger charge is 2.32. The van der Waals surface area contributed by atoms with Crippen molar-refractivity contribution in [3.05, 3.63) is 65.7 Å². The summed E-state index contributed by atoms with van der Waals surface area (Å²) in [6.07, 6.45) is 0. The highest BCUT2D eigenvalue weighted by Crippen LogP contribution is 2.23. The number of anilines is 1. The minimum atomic E-state index is -3.00. The summed E-state index contributed by atoms with van der Waals surface area (Å²) < 4.78 is 23.7. The van der Waals surface area contributed by atoms with Gasteiger partial charge >= 0.3 is 0 Å². The van der Waals surface area contributed by atoms with Gasteiger partial charge in [0.2, 0.25) is 5.91 Å². The molecule has 1 unspecified atom stereocenters. The van der Waals surface area contributed by atoms with Crippen LogP contribution in [0.1, 0.15) is 24.1 Å². The molecule has 0 saturated carbocycles. The van der Waals surface area contributed by atoms with Gasteiger partial charge in [-0.2, -0.15) is 0 Å². The average molecular weight is 430 g/mol. The van der Waals surface area contributed by atoms with Crippen LogP contribution in [-0.2, 0) is 14.6 Å². The van der Waals surface area contributed by atoms with Crippen molar-refractivity contribution in [1.29, 1.82) is 0 Å². The van der Waals surface area contributed by atoms with E-state index in [9.17, 15) is 13.2 Å². The second-order valence-corrected chi connectivity index (χ2v) is 10.0. The van der Waals surface area contributed by atoms with E-state index in [4.69, 9.17) is 0 Å². The lowest BCUT2D eigenvalue weighted by atomic mass is 10.0. The molecule has 1 saturated heterocycles. The first-order chi connectivity index (χ1) is 14.4. The fourth-order valence-corrected chi connectivity index (χ4v) is 5.08. The molecule has 1 atom stereocenters. The molecule has 6 nitrogen and oxygen atoms in total. The van der Waals surface area contributed by atoms with Gasteiger partial charge in [-0.05, 0) is 37.1 Å². The zero-order valence-corrected chi connectivity index (χ0v) is 18.6. The number of sulfone groups is 1. The lowest BCUT2D eigenvalue weighted by Gasteiger charge is -2.34. The lowest BCUT2D eigenvalue weighted by molar-refractivity contribution is -0.126. The van der Waals surface area contributed by atoms with Gasteiger partial charge in [-0.3, -0.25) is 9.69 Å². The van der Waals surface area contributed by atoms with Crippen LogP contribution in [0.15, 0.2) is 54.6 Å². The molecule has 1 amide bonds. The number of nitrogens with one attached hydrogen (secondary N) is 1. The number of likely N-dealkylation sites (N-methyl/N-ethyl adjacent to an activating group) is 1. The predicted octanol–water partition coefficient (Wildman–Crippen LogP) is 2.41. The van der Waals surface area contributed by atoms with Gasteiger partial charge in [0.15, 0.2) is 9.84 Å². The SMILES string of the molecule is CCN(CCNC(=O)C(c1ccccc1)N1CCS(=O)(=O)CC1)c1cccc(C)c1. The largest absolute Gasteiger partial charge is 0.370 e. The van der Waals surface area contributed by atoms with Crippen LogP contribution in [0.25, 0.3) is 0 Å². The minimum absolute atomic E-state index is 0.0826. The van der Waals surface area contributed by atoms with Gasteiger partial charge in [0.1, 0.15) is 6.04 Å². The van der Waals surface area contributed by atoms with Gasteiger partial charge in [0.25, 0.3) is 0 Å². The Bertz CT molecular complexity index is 933. The van der Waals surface area contributed by atoms with Gasteiger partial charge < -0.3 is 10.2 Å². The fourth-order valence-electron chi connectivity index (χ4n) is 3.85. The van der Waals surface area contributed by atoms with Crippen molar-refractivity contribution in [2.75, 3.05) is 49.1 Å². The molecule has 0 spiro atoms. The number of carbonyl (C=O) groups is 1. The van der Waals surface area contributed by atoms with Crippen molar-refractivity contribution in [1.82, 2.24) is 10.2 Å². The minimum Gasteiger partial charge on any atom is -0.370 e. The summed E-state index contributed by atoms with van der Waals surface area (Å²) in [7, 11) is -3.00. The highest BCUT2D eigenvalue weighted by molar-refractivity contribution is 7.91. The molecule has 7 heteroatoms. The Balaban J connectivity index is 1.66. The summed E-state index contributed by atoms with van der Waals surface area (Å²) in [4.78, 5) is 17.4. The van der Waals surface area contributed by atoms with Crippen molar-refractivity contribution < 1.29 is 13.2 Å². The molecule has 1 aliphatic rings. The number of hydrogen-bond acceptors (Lipinski definition) is 5. The van der Waals surface area contributed by atoms with Crippen LogP contribution in [0.4, 0.5) is 5.69 Å². The molecule has 1 fully saturated rings. The molecule has 0 aromatic heterocycles. The van der Waals surface area contributed by atoms with E-state index in [-0.39, 0.29) is 17.4 Å². The molecule has 1 heterocycles. The summed E-state index contributed by atoms with van der Waals surface area (Å²) in [5, 5.41) is 3.08. The third kappa shape index (κ3) is 5.83.